The van der Waals surface area contributed by atoms with Crippen LogP contribution < -0.4 is 9.64 Å². The van der Waals surface area contributed by atoms with Crippen molar-refractivity contribution in [3.8, 4) is 5.75 Å². The summed E-state index contributed by atoms with van der Waals surface area (Å²) in [5.41, 5.74) is 2.56. The van der Waals surface area contributed by atoms with Gasteiger partial charge in [-0.2, -0.15) is 0 Å². The van der Waals surface area contributed by atoms with Gasteiger partial charge >= 0.3 is 0 Å². The largest absolute Gasteiger partial charge is 0.491 e. The smallest absolute Gasteiger partial charge is 0.123 e. The van der Waals surface area contributed by atoms with Crippen LogP contribution in [0.15, 0.2) is 66.7 Å². The minimum Gasteiger partial charge on any atom is -0.491 e. The lowest BCUT2D eigenvalue weighted by atomic mass is 9.98. The maximum atomic E-state index is 13.7. The molecule has 0 amide bonds. The first-order valence-electron chi connectivity index (χ1n) is 11.2. The minimum absolute atomic E-state index is 0.0892. The molecule has 180 valence electrons. The molecule has 1 saturated heterocycles. The average Bonchev–Trinajstić information content (AvgIpc) is 2.85. The van der Waals surface area contributed by atoms with Crippen LogP contribution in [0.3, 0.4) is 0 Å². The summed E-state index contributed by atoms with van der Waals surface area (Å²) in [5, 5.41) is 19.7. The zero-order valence-electron chi connectivity index (χ0n) is 18.6. The highest BCUT2D eigenvalue weighted by Crippen LogP contribution is 2.38. The lowest BCUT2D eigenvalue weighted by Gasteiger charge is -2.46. The molecule has 1 aliphatic rings. The van der Waals surface area contributed by atoms with Gasteiger partial charge in [-0.3, -0.25) is 4.90 Å². The molecule has 34 heavy (non-hydrogen) atoms. The number of hydrogen-bond donors (Lipinski definition) is 2. The molecule has 5 nitrogen and oxygen atoms in total. The number of piperazine rings is 1. The Labute approximate surface area is 202 Å². The van der Waals surface area contributed by atoms with Crippen LogP contribution in [0.5, 0.6) is 5.75 Å². The topological polar surface area (TPSA) is 56.2 Å². The van der Waals surface area contributed by atoms with E-state index in [2.05, 4.69) is 9.80 Å². The fourth-order valence-electron chi connectivity index (χ4n) is 4.44. The van der Waals surface area contributed by atoms with Gasteiger partial charge in [0.05, 0.1) is 36.0 Å². The van der Waals surface area contributed by atoms with Crippen LogP contribution in [0, 0.1) is 11.6 Å². The van der Waals surface area contributed by atoms with Gasteiger partial charge in [-0.25, -0.2) is 8.78 Å². The maximum Gasteiger partial charge on any atom is 0.123 e. The number of anilines is 1. The van der Waals surface area contributed by atoms with Crippen LogP contribution in [0.2, 0.25) is 5.02 Å². The lowest BCUT2D eigenvalue weighted by molar-refractivity contribution is 0.103. The monoisotopic (exact) mass is 488 g/mol. The second-order valence-corrected chi connectivity index (χ2v) is 8.60. The van der Waals surface area contributed by atoms with Crippen LogP contribution >= 0.6 is 11.6 Å². The summed E-state index contributed by atoms with van der Waals surface area (Å²) >= 11 is 6.62. The van der Waals surface area contributed by atoms with E-state index in [9.17, 15) is 13.9 Å². The van der Waals surface area contributed by atoms with E-state index in [0.717, 1.165) is 16.8 Å². The SMILES string of the molecule is OCCOc1ccc(N2CCN([C@H](CO)c3ccc(F)cc3)C[C@H]2c2ccc(F)cc2)c(Cl)c1. The van der Waals surface area contributed by atoms with Gasteiger partial charge in [0, 0.05) is 25.7 Å². The van der Waals surface area contributed by atoms with Gasteiger partial charge in [0.2, 0.25) is 0 Å². The molecular formula is C26H27ClF2N2O3. The predicted octanol–water partition coefficient (Wildman–Crippen LogP) is 4.59. The summed E-state index contributed by atoms with van der Waals surface area (Å²) in [6.45, 7) is 1.77. The van der Waals surface area contributed by atoms with Crippen molar-refractivity contribution in [1.82, 2.24) is 4.90 Å². The highest BCUT2D eigenvalue weighted by Gasteiger charge is 2.33. The molecule has 0 radical (unpaired) electrons. The van der Waals surface area contributed by atoms with E-state index in [1.54, 1.807) is 36.4 Å². The zero-order chi connectivity index (χ0) is 24.1. The lowest BCUT2D eigenvalue weighted by Crippen LogP contribution is -2.50. The van der Waals surface area contributed by atoms with Gasteiger partial charge in [0.15, 0.2) is 0 Å². The Morgan fingerprint density at radius 3 is 2.24 bits per heavy atom. The van der Waals surface area contributed by atoms with E-state index >= 15 is 0 Å². The van der Waals surface area contributed by atoms with Crippen molar-refractivity contribution in [2.45, 2.75) is 12.1 Å². The van der Waals surface area contributed by atoms with E-state index in [1.807, 2.05) is 6.07 Å². The molecule has 3 aromatic rings. The first-order valence-corrected chi connectivity index (χ1v) is 11.5. The van der Waals surface area contributed by atoms with Gasteiger partial charge < -0.3 is 19.8 Å². The Bertz CT molecular complexity index is 1080. The van der Waals surface area contributed by atoms with E-state index in [1.165, 1.54) is 24.3 Å². The standard InChI is InChI=1S/C26H27ClF2N2O3/c27-23-15-22(34-14-13-32)9-10-24(23)31-12-11-30(16-25(31)18-1-5-20(28)6-2-18)26(17-33)19-3-7-21(29)8-4-19/h1-10,15,25-26,32-33H,11-14,16-17H2/t25-,26+/m0/s1. The Morgan fingerprint density at radius 2 is 1.62 bits per heavy atom. The molecule has 0 unspecified atom stereocenters. The molecule has 8 heteroatoms. The van der Waals surface area contributed by atoms with Crippen molar-refractivity contribution < 1.29 is 23.7 Å². The van der Waals surface area contributed by atoms with Gasteiger partial charge in [0.25, 0.3) is 0 Å². The fraction of sp³-hybridized carbons (Fsp3) is 0.308. The molecule has 0 aromatic heterocycles. The number of aliphatic hydroxyl groups excluding tert-OH is 2. The van der Waals surface area contributed by atoms with Crippen molar-refractivity contribution in [1.29, 1.82) is 0 Å². The Morgan fingerprint density at radius 1 is 0.941 bits per heavy atom. The quantitative estimate of drug-likeness (QED) is 0.486. The second kappa shape index (κ2) is 11.1. The number of aliphatic hydroxyl groups is 2. The highest BCUT2D eigenvalue weighted by molar-refractivity contribution is 6.33. The molecular weight excluding hydrogens is 462 g/mol. The maximum absolute atomic E-state index is 13.7. The van der Waals surface area contributed by atoms with Gasteiger partial charge in [-0.15, -0.1) is 0 Å². The molecule has 1 fully saturated rings. The van der Waals surface area contributed by atoms with Crippen LogP contribution in [-0.2, 0) is 0 Å². The molecule has 4 rings (SSSR count). The summed E-state index contributed by atoms with van der Waals surface area (Å²) in [4.78, 5) is 4.32. The number of halogens is 3. The van der Waals surface area contributed by atoms with Crippen molar-refractivity contribution in [2.75, 3.05) is 44.4 Å². The third-order valence-corrected chi connectivity index (χ3v) is 6.43. The second-order valence-electron chi connectivity index (χ2n) is 8.19. The third kappa shape index (κ3) is 5.50. The van der Waals surface area contributed by atoms with E-state index < -0.39 is 0 Å². The van der Waals surface area contributed by atoms with E-state index in [4.69, 9.17) is 21.4 Å². The Balaban J connectivity index is 1.64. The molecule has 0 spiro atoms. The third-order valence-electron chi connectivity index (χ3n) is 6.12. The molecule has 0 bridgehead atoms. The molecule has 1 heterocycles. The highest BCUT2D eigenvalue weighted by atomic mass is 35.5. The number of benzene rings is 3. The van der Waals surface area contributed by atoms with Crippen molar-refractivity contribution in [3.05, 3.63) is 94.5 Å². The average molecular weight is 489 g/mol. The van der Waals surface area contributed by atoms with Crippen molar-refractivity contribution in [2.24, 2.45) is 0 Å². The van der Waals surface area contributed by atoms with Crippen LogP contribution in [0.25, 0.3) is 0 Å². The van der Waals surface area contributed by atoms with Gasteiger partial charge in [-0.1, -0.05) is 35.9 Å². The Kier molecular flexibility index (Phi) is 8.00. The zero-order valence-corrected chi connectivity index (χ0v) is 19.3. The summed E-state index contributed by atoms with van der Waals surface area (Å²) < 4.78 is 32.6. The van der Waals surface area contributed by atoms with Crippen molar-refractivity contribution >= 4 is 17.3 Å². The van der Waals surface area contributed by atoms with Crippen LogP contribution in [-0.4, -0.2) is 54.6 Å². The Hall–Kier alpha value is -2.71. The van der Waals surface area contributed by atoms with Crippen LogP contribution in [0.1, 0.15) is 23.2 Å². The molecule has 2 N–H and O–H groups in total. The molecule has 2 atom stereocenters. The molecule has 3 aromatic carbocycles. The van der Waals surface area contributed by atoms with Gasteiger partial charge in [-0.05, 0) is 47.5 Å². The summed E-state index contributed by atoms with van der Waals surface area (Å²) in [5.74, 6) is -0.0714. The number of ether oxygens (including phenoxy) is 1. The first-order chi connectivity index (χ1) is 16.5. The van der Waals surface area contributed by atoms with E-state index in [-0.39, 0.29) is 43.5 Å². The number of rotatable bonds is 8. The summed E-state index contributed by atoms with van der Waals surface area (Å²) in [6.07, 6.45) is 0. The summed E-state index contributed by atoms with van der Waals surface area (Å²) in [7, 11) is 0. The molecule has 0 saturated carbocycles. The first kappa shape index (κ1) is 24.4. The van der Waals surface area contributed by atoms with Crippen LogP contribution in [0.4, 0.5) is 14.5 Å². The van der Waals surface area contributed by atoms with Gasteiger partial charge in [0.1, 0.15) is 24.0 Å². The van der Waals surface area contributed by atoms with E-state index in [0.29, 0.717) is 30.4 Å². The number of hydrogen-bond acceptors (Lipinski definition) is 5. The number of nitrogens with zero attached hydrogens (tertiary/aromatic N) is 2. The predicted molar refractivity (Wildman–Crippen MR) is 128 cm³/mol. The minimum atomic E-state index is -0.324. The summed E-state index contributed by atoms with van der Waals surface area (Å²) in [6, 6.07) is 17.5. The normalized spacial score (nSPS) is 17.6. The molecule has 1 aliphatic heterocycles. The molecule has 0 aliphatic carbocycles. The van der Waals surface area contributed by atoms with Crippen molar-refractivity contribution in [3.63, 3.8) is 0 Å². The fourth-order valence-corrected chi connectivity index (χ4v) is 4.72.